The number of carboxylic acid groups (broad SMARTS) is 1. The second-order valence-corrected chi connectivity index (χ2v) is 10.5. The molecule has 7 nitrogen and oxygen atoms in total. The Morgan fingerprint density at radius 1 is 1.28 bits per heavy atom. The number of aromatic nitrogens is 2. The summed E-state index contributed by atoms with van der Waals surface area (Å²) in [5.74, 6) is 0.118. The molecule has 0 radical (unpaired) electrons. The lowest BCUT2D eigenvalue weighted by molar-refractivity contribution is -0.144. The number of hydrogen-bond donors (Lipinski definition) is 1. The Labute approximate surface area is 220 Å². The van der Waals surface area contributed by atoms with Gasteiger partial charge in [0.1, 0.15) is 11.6 Å². The van der Waals surface area contributed by atoms with Crippen LogP contribution >= 0.6 is 61.1 Å². The molecule has 2 aromatic carbocycles. The fraction of sp³-hybridized carbons (Fsp3) is 0.273. The molecule has 1 N–H and O–H groups in total. The Morgan fingerprint density at radius 2 is 1.94 bits per heavy atom. The quantitative estimate of drug-likeness (QED) is 0.253. The molecule has 0 aliphatic heterocycles. The summed E-state index contributed by atoms with van der Waals surface area (Å²) in [7, 11) is 0. The number of aliphatic carboxylic acids is 1. The summed E-state index contributed by atoms with van der Waals surface area (Å²) in [4.78, 5) is 29.1. The summed E-state index contributed by atoms with van der Waals surface area (Å²) < 4.78 is 9.23. The van der Waals surface area contributed by atoms with E-state index in [2.05, 4.69) is 66.2 Å². The Kier molecular flexibility index (Phi) is 8.31. The highest BCUT2D eigenvalue weighted by Crippen LogP contribution is 2.29. The molecular formula is C22H20BrI2N3O4. The van der Waals surface area contributed by atoms with Gasteiger partial charge >= 0.3 is 5.97 Å². The van der Waals surface area contributed by atoms with Gasteiger partial charge in [0.05, 0.1) is 24.3 Å². The molecule has 0 aliphatic carbocycles. The van der Waals surface area contributed by atoms with Crippen molar-refractivity contribution in [2.45, 2.75) is 39.2 Å². The summed E-state index contributed by atoms with van der Waals surface area (Å²) in [5.41, 5.74) is 1.16. The summed E-state index contributed by atoms with van der Waals surface area (Å²) in [6.45, 7) is 5.54. The van der Waals surface area contributed by atoms with Crippen LogP contribution < -0.4 is 10.3 Å². The van der Waals surface area contributed by atoms with Crippen LogP contribution in [0.1, 0.15) is 44.5 Å². The van der Waals surface area contributed by atoms with Crippen LogP contribution in [0.15, 0.2) is 44.7 Å². The van der Waals surface area contributed by atoms with Gasteiger partial charge in [-0.05, 0) is 94.4 Å². The molecule has 0 saturated heterocycles. The zero-order chi connectivity index (χ0) is 23.6. The third-order valence-electron chi connectivity index (χ3n) is 4.87. The van der Waals surface area contributed by atoms with E-state index in [0.717, 1.165) is 23.6 Å². The fourth-order valence-corrected chi connectivity index (χ4v) is 5.33. The van der Waals surface area contributed by atoms with E-state index in [1.807, 2.05) is 38.1 Å². The molecule has 0 unspecified atom stereocenters. The van der Waals surface area contributed by atoms with E-state index in [1.165, 1.54) is 11.6 Å². The first kappa shape index (κ1) is 25.1. The van der Waals surface area contributed by atoms with Crippen molar-refractivity contribution in [2.24, 2.45) is 5.10 Å². The van der Waals surface area contributed by atoms with Crippen molar-refractivity contribution in [3.63, 3.8) is 0 Å². The monoisotopic (exact) mass is 723 g/mol. The van der Waals surface area contributed by atoms with E-state index in [1.54, 1.807) is 12.3 Å². The standard InChI is InChI=1S/C22H20BrI2N3O4/c1-4-11(2)20-27-18-6-5-14(23)9-15(18)21(29)28(20)26-10-13-7-16(24)19(17(25)8-13)32-12(3)22(30)31/h5-12H,4H2,1-3H3,(H,30,31)/t11-,12+/m0/s1. The zero-order valence-corrected chi connectivity index (χ0v) is 23.4. The van der Waals surface area contributed by atoms with Gasteiger partial charge in [0.25, 0.3) is 5.56 Å². The predicted molar refractivity (Wildman–Crippen MR) is 145 cm³/mol. The topological polar surface area (TPSA) is 93.8 Å². The maximum Gasteiger partial charge on any atom is 0.344 e. The molecule has 3 aromatic rings. The molecule has 0 spiro atoms. The number of fused-ring (bicyclic) bond motifs is 1. The Bertz CT molecular complexity index is 1250. The van der Waals surface area contributed by atoms with Crippen LogP contribution in [0.5, 0.6) is 5.75 Å². The third-order valence-corrected chi connectivity index (χ3v) is 6.97. The van der Waals surface area contributed by atoms with Crippen LogP contribution in [0, 0.1) is 7.14 Å². The predicted octanol–water partition coefficient (Wildman–Crippen LogP) is 5.62. The molecule has 0 aliphatic rings. The van der Waals surface area contributed by atoms with Crippen molar-refractivity contribution in [2.75, 3.05) is 0 Å². The Hall–Kier alpha value is -1.54. The molecule has 0 amide bonds. The van der Waals surface area contributed by atoms with E-state index in [0.29, 0.717) is 22.5 Å². The summed E-state index contributed by atoms with van der Waals surface area (Å²) in [5, 5.41) is 14.1. The molecule has 0 saturated carbocycles. The SMILES string of the molecule is CC[C@H](C)c1nc2ccc(Br)cc2c(=O)n1N=Cc1cc(I)c(O[C@H](C)C(=O)O)c(I)c1. The molecule has 3 rings (SSSR count). The van der Waals surface area contributed by atoms with Crippen LogP contribution in [-0.2, 0) is 4.79 Å². The highest BCUT2D eigenvalue weighted by Gasteiger charge is 2.18. The molecule has 32 heavy (non-hydrogen) atoms. The van der Waals surface area contributed by atoms with Crippen LogP contribution in [-0.4, -0.2) is 33.1 Å². The number of hydrogen-bond acceptors (Lipinski definition) is 5. The minimum absolute atomic E-state index is 0.0430. The third kappa shape index (κ3) is 5.50. The minimum atomic E-state index is -1.03. The highest BCUT2D eigenvalue weighted by atomic mass is 127. The number of ether oxygens (including phenoxy) is 1. The molecule has 10 heteroatoms. The summed E-state index contributed by atoms with van der Waals surface area (Å²) in [6, 6.07) is 9.09. The van der Waals surface area contributed by atoms with E-state index >= 15 is 0 Å². The van der Waals surface area contributed by atoms with Gasteiger partial charge in [0.2, 0.25) is 0 Å². The van der Waals surface area contributed by atoms with Gasteiger partial charge in [-0.15, -0.1) is 0 Å². The maximum atomic E-state index is 13.2. The van der Waals surface area contributed by atoms with Crippen LogP contribution in [0.2, 0.25) is 0 Å². The highest BCUT2D eigenvalue weighted by molar-refractivity contribution is 14.1. The van der Waals surface area contributed by atoms with Gasteiger partial charge in [-0.3, -0.25) is 4.79 Å². The summed E-state index contributed by atoms with van der Waals surface area (Å²) >= 11 is 7.61. The van der Waals surface area contributed by atoms with Crippen LogP contribution in [0.4, 0.5) is 0 Å². The lowest BCUT2D eigenvalue weighted by atomic mass is 10.1. The number of benzene rings is 2. The first-order chi connectivity index (χ1) is 15.1. The van der Waals surface area contributed by atoms with Crippen molar-refractivity contribution in [1.29, 1.82) is 0 Å². The largest absolute Gasteiger partial charge is 0.479 e. The molecule has 1 aromatic heterocycles. The minimum Gasteiger partial charge on any atom is -0.479 e. The molecule has 1 heterocycles. The van der Waals surface area contributed by atoms with Crippen LogP contribution in [0.3, 0.4) is 0 Å². The molecular weight excluding hydrogens is 704 g/mol. The van der Waals surface area contributed by atoms with E-state index in [4.69, 9.17) is 14.8 Å². The lowest BCUT2D eigenvalue weighted by Crippen LogP contribution is -2.24. The molecule has 0 fully saturated rings. The smallest absolute Gasteiger partial charge is 0.344 e. The Morgan fingerprint density at radius 3 is 2.53 bits per heavy atom. The number of carbonyl (C=O) groups is 1. The molecule has 168 valence electrons. The van der Waals surface area contributed by atoms with Crippen molar-refractivity contribution in [3.8, 4) is 5.75 Å². The number of carboxylic acids is 1. The van der Waals surface area contributed by atoms with E-state index in [-0.39, 0.29) is 11.5 Å². The number of rotatable bonds is 7. The maximum absolute atomic E-state index is 13.2. The second kappa shape index (κ2) is 10.6. The average molecular weight is 724 g/mol. The van der Waals surface area contributed by atoms with Crippen molar-refractivity contribution < 1.29 is 14.6 Å². The van der Waals surface area contributed by atoms with Crippen molar-refractivity contribution in [3.05, 3.63) is 63.7 Å². The van der Waals surface area contributed by atoms with Gasteiger partial charge in [-0.2, -0.15) is 9.78 Å². The van der Waals surface area contributed by atoms with Gasteiger partial charge in [-0.25, -0.2) is 9.78 Å². The van der Waals surface area contributed by atoms with Gasteiger partial charge in [-0.1, -0.05) is 29.8 Å². The van der Waals surface area contributed by atoms with Gasteiger partial charge in [0.15, 0.2) is 6.10 Å². The molecule has 2 atom stereocenters. The van der Waals surface area contributed by atoms with Gasteiger partial charge < -0.3 is 9.84 Å². The number of nitrogens with zero attached hydrogens (tertiary/aromatic N) is 3. The molecule has 0 bridgehead atoms. The fourth-order valence-electron chi connectivity index (χ4n) is 2.90. The van der Waals surface area contributed by atoms with Crippen LogP contribution in [0.25, 0.3) is 10.9 Å². The summed E-state index contributed by atoms with van der Waals surface area (Å²) in [6.07, 6.45) is 1.46. The zero-order valence-electron chi connectivity index (χ0n) is 17.5. The first-order valence-electron chi connectivity index (χ1n) is 9.77. The first-order valence-corrected chi connectivity index (χ1v) is 12.7. The van der Waals surface area contributed by atoms with Gasteiger partial charge in [0, 0.05) is 10.4 Å². The van der Waals surface area contributed by atoms with E-state index in [9.17, 15) is 9.59 Å². The van der Waals surface area contributed by atoms with E-state index < -0.39 is 12.1 Å². The second-order valence-electron chi connectivity index (χ2n) is 7.21. The number of halogens is 3. The normalized spacial score (nSPS) is 13.4. The van der Waals surface area contributed by atoms with Crippen molar-refractivity contribution in [1.82, 2.24) is 9.66 Å². The average Bonchev–Trinajstić information content (AvgIpc) is 2.75. The van der Waals surface area contributed by atoms with Crippen molar-refractivity contribution >= 4 is 84.2 Å². The lowest BCUT2D eigenvalue weighted by Gasteiger charge is -2.15. The Balaban J connectivity index is 2.07.